The highest BCUT2D eigenvalue weighted by molar-refractivity contribution is 7.91. The van der Waals surface area contributed by atoms with Gasteiger partial charge in [0.05, 0.1) is 5.25 Å². The van der Waals surface area contributed by atoms with Crippen molar-refractivity contribution in [1.29, 1.82) is 0 Å². The van der Waals surface area contributed by atoms with Gasteiger partial charge in [-0.05, 0) is 43.9 Å². The molecule has 0 aliphatic heterocycles. The van der Waals surface area contributed by atoms with E-state index in [9.17, 15) is 8.42 Å². The fourth-order valence-electron chi connectivity index (χ4n) is 2.86. The van der Waals surface area contributed by atoms with E-state index in [1.54, 1.807) is 0 Å². The molecule has 2 rings (SSSR count). The number of benzene rings is 1. The van der Waals surface area contributed by atoms with Gasteiger partial charge in [0.25, 0.3) is 0 Å². The third-order valence-corrected chi connectivity index (χ3v) is 5.66. The fraction of sp³-hybridized carbons (Fsp3) is 0.625. The summed E-state index contributed by atoms with van der Waals surface area (Å²) in [5.74, 6) is 0.884. The smallest absolute Gasteiger partial charge is 0.150 e. The SMILES string of the molecule is Cc1cccc(OCCNC2CCCC(S(C)(=O)=O)C2)c1. The molecule has 1 fully saturated rings. The number of aryl methyl sites for hydroxylation is 1. The number of sulfone groups is 1. The first kappa shape index (κ1) is 16.3. The number of ether oxygens (including phenoxy) is 1. The zero-order valence-corrected chi connectivity index (χ0v) is 13.7. The van der Waals surface area contributed by atoms with Crippen molar-refractivity contribution in [2.75, 3.05) is 19.4 Å². The van der Waals surface area contributed by atoms with E-state index in [-0.39, 0.29) is 5.25 Å². The van der Waals surface area contributed by atoms with Gasteiger partial charge in [-0.2, -0.15) is 0 Å². The van der Waals surface area contributed by atoms with Crippen molar-refractivity contribution in [3.05, 3.63) is 29.8 Å². The van der Waals surface area contributed by atoms with Crippen LogP contribution in [0.25, 0.3) is 0 Å². The second-order valence-electron chi connectivity index (χ2n) is 5.93. The maximum absolute atomic E-state index is 11.6. The van der Waals surface area contributed by atoms with Gasteiger partial charge in [0, 0.05) is 18.8 Å². The summed E-state index contributed by atoms with van der Waals surface area (Å²) in [6.07, 6.45) is 4.91. The number of rotatable bonds is 6. The van der Waals surface area contributed by atoms with Crippen molar-refractivity contribution >= 4 is 9.84 Å². The number of nitrogens with one attached hydrogen (secondary N) is 1. The molecule has 1 aliphatic rings. The van der Waals surface area contributed by atoms with E-state index in [1.807, 2.05) is 31.2 Å². The Kier molecular flexibility index (Phi) is 5.65. The number of hydrogen-bond acceptors (Lipinski definition) is 4. The summed E-state index contributed by atoms with van der Waals surface area (Å²) in [7, 11) is -2.91. The molecule has 0 amide bonds. The third kappa shape index (κ3) is 5.32. The van der Waals surface area contributed by atoms with Crippen molar-refractivity contribution in [3.63, 3.8) is 0 Å². The molecule has 0 saturated heterocycles. The van der Waals surface area contributed by atoms with Crippen molar-refractivity contribution in [2.24, 2.45) is 0 Å². The van der Waals surface area contributed by atoms with Crippen LogP contribution in [0.5, 0.6) is 5.75 Å². The Morgan fingerprint density at radius 2 is 2.14 bits per heavy atom. The van der Waals surface area contributed by atoms with Gasteiger partial charge in [-0.3, -0.25) is 0 Å². The van der Waals surface area contributed by atoms with Gasteiger partial charge in [-0.25, -0.2) is 8.42 Å². The van der Waals surface area contributed by atoms with Crippen LogP contribution < -0.4 is 10.1 Å². The van der Waals surface area contributed by atoms with E-state index in [4.69, 9.17) is 4.74 Å². The fourth-order valence-corrected chi connectivity index (χ4v) is 4.03. The van der Waals surface area contributed by atoms with Gasteiger partial charge in [-0.15, -0.1) is 0 Å². The highest BCUT2D eigenvalue weighted by Gasteiger charge is 2.28. The van der Waals surface area contributed by atoms with Crippen molar-refractivity contribution < 1.29 is 13.2 Å². The Labute approximate surface area is 127 Å². The average molecular weight is 311 g/mol. The standard InChI is InChI=1S/C16H25NO3S/c1-13-5-3-7-15(11-13)20-10-9-17-14-6-4-8-16(12-14)21(2,18)19/h3,5,7,11,14,16-17H,4,6,8-10,12H2,1-2H3. The van der Waals surface area contributed by atoms with E-state index >= 15 is 0 Å². The van der Waals surface area contributed by atoms with E-state index in [0.29, 0.717) is 12.6 Å². The van der Waals surface area contributed by atoms with E-state index < -0.39 is 9.84 Å². The first-order valence-electron chi connectivity index (χ1n) is 7.57. The Morgan fingerprint density at radius 3 is 2.86 bits per heavy atom. The largest absolute Gasteiger partial charge is 0.492 e. The van der Waals surface area contributed by atoms with Crippen LogP contribution in [0, 0.1) is 6.92 Å². The molecule has 2 unspecified atom stereocenters. The summed E-state index contributed by atoms with van der Waals surface area (Å²) in [6, 6.07) is 8.28. The summed E-state index contributed by atoms with van der Waals surface area (Å²) in [6.45, 7) is 3.39. The first-order valence-corrected chi connectivity index (χ1v) is 9.52. The summed E-state index contributed by atoms with van der Waals surface area (Å²) < 4.78 is 28.9. The molecule has 4 nitrogen and oxygen atoms in total. The van der Waals surface area contributed by atoms with Gasteiger partial charge < -0.3 is 10.1 Å². The summed E-state index contributed by atoms with van der Waals surface area (Å²) in [5, 5.41) is 3.24. The van der Waals surface area contributed by atoms with Crippen LogP contribution in [0.1, 0.15) is 31.2 Å². The lowest BCUT2D eigenvalue weighted by molar-refractivity contribution is 0.289. The van der Waals surface area contributed by atoms with E-state index in [1.165, 1.54) is 11.8 Å². The molecule has 1 aliphatic carbocycles. The first-order chi connectivity index (χ1) is 9.95. The van der Waals surface area contributed by atoms with Crippen LogP contribution in [0.15, 0.2) is 24.3 Å². The molecule has 1 aromatic carbocycles. The van der Waals surface area contributed by atoms with Crippen LogP contribution in [0.4, 0.5) is 0 Å². The predicted octanol–water partition coefficient (Wildman–Crippen LogP) is 2.32. The zero-order valence-electron chi connectivity index (χ0n) is 12.8. The Morgan fingerprint density at radius 1 is 1.33 bits per heavy atom. The zero-order chi connectivity index (χ0) is 15.3. The molecule has 1 aromatic rings. The average Bonchev–Trinajstić information content (AvgIpc) is 2.43. The van der Waals surface area contributed by atoms with Gasteiger partial charge in [0.2, 0.25) is 0 Å². The minimum atomic E-state index is -2.91. The maximum atomic E-state index is 11.6. The quantitative estimate of drug-likeness (QED) is 0.819. The molecule has 0 spiro atoms. The van der Waals surface area contributed by atoms with Crippen LogP contribution in [0.3, 0.4) is 0 Å². The van der Waals surface area contributed by atoms with Crippen molar-refractivity contribution in [3.8, 4) is 5.75 Å². The van der Waals surface area contributed by atoms with Crippen LogP contribution in [0.2, 0.25) is 0 Å². The van der Waals surface area contributed by atoms with E-state index in [2.05, 4.69) is 5.32 Å². The lowest BCUT2D eigenvalue weighted by Gasteiger charge is -2.28. The summed E-state index contributed by atoms with van der Waals surface area (Å²) >= 11 is 0. The van der Waals surface area contributed by atoms with Gasteiger partial charge >= 0.3 is 0 Å². The highest BCUT2D eigenvalue weighted by atomic mass is 32.2. The van der Waals surface area contributed by atoms with Gasteiger partial charge in [0.1, 0.15) is 22.2 Å². The monoisotopic (exact) mass is 311 g/mol. The lowest BCUT2D eigenvalue weighted by atomic mass is 9.95. The highest BCUT2D eigenvalue weighted by Crippen LogP contribution is 2.23. The minimum Gasteiger partial charge on any atom is -0.492 e. The van der Waals surface area contributed by atoms with Gasteiger partial charge in [-0.1, -0.05) is 18.6 Å². The van der Waals surface area contributed by atoms with E-state index in [0.717, 1.165) is 38.0 Å². The van der Waals surface area contributed by atoms with Gasteiger partial charge in [0.15, 0.2) is 0 Å². The minimum absolute atomic E-state index is 0.179. The maximum Gasteiger partial charge on any atom is 0.150 e. The molecule has 2 atom stereocenters. The normalized spacial score (nSPS) is 23.0. The third-order valence-electron chi connectivity index (χ3n) is 4.02. The van der Waals surface area contributed by atoms with Crippen molar-refractivity contribution in [2.45, 2.75) is 43.9 Å². The number of hydrogen-bond donors (Lipinski definition) is 1. The Bertz CT molecular complexity index is 556. The molecule has 1 N–H and O–H groups in total. The molecule has 1 saturated carbocycles. The summed E-state index contributed by atoms with van der Waals surface area (Å²) in [4.78, 5) is 0. The molecule has 21 heavy (non-hydrogen) atoms. The molecule has 0 radical (unpaired) electrons. The topological polar surface area (TPSA) is 55.4 Å². The van der Waals surface area contributed by atoms with Crippen LogP contribution >= 0.6 is 0 Å². The molecule has 0 heterocycles. The Hall–Kier alpha value is -1.07. The molecule has 0 bridgehead atoms. The summed E-state index contributed by atoms with van der Waals surface area (Å²) in [5.41, 5.74) is 1.18. The second kappa shape index (κ2) is 7.27. The molecule has 118 valence electrons. The molecular formula is C16H25NO3S. The van der Waals surface area contributed by atoms with Crippen LogP contribution in [-0.2, 0) is 9.84 Å². The lowest BCUT2D eigenvalue weighted by Crippen LogP contribution is -2.40. The molecular weight excluding hydrogens is 286 g/mol. The molecule has 5 heteroatoms. The molecule has 0 aromatic heterocycles. The van der Waals surface area contributed by atoms with Crippen molar-refractivity contribution in [1.82, 2.24) is 5.32 Å². The van der Waals surface area contributed by atoms with Crippen LogP contribution in [-0.4, -0.2) is 39.1 Å². The Balaban J connectivity index is 1.71. The second-order valence-corrected chi connectivity index (χ2v) is 8.26. The predicted molar refractivity (Wildman–Crippen MR) is 85.6 cm³/mol.